The largest absolute Gasteiger partial charge is 0.317 e. The number of hydrogen-bond donors (Lipinski definition) is 1. The van der Waals surface area contributed by atoms with Crippen molar-refractivity contribution in [3.8, 4) is 0 Å². The van der Waals surface area contributed by atoms with Crippen LogP contribution < -0.4 is 5.32 Å². The van der Waals surface area contributed by atoms with Gasteiger partial charge < -0.3 is 5.32 Å². The zero-order valence-corrected chi connectivity index (χ0v) is 11.7. The predicted molar refractivity (Wildman–Crippen MR) is 71.4 cm³/mol. The molecule has 0 saturated carbocycles. The van der Waals surface area contributed by atoms with Crippen LogP contribution in [0.2, 0.25) is 0 Å². The number of hydrogen-bond acceptors (Lipinski definition) is 3. The molecule has 0 unspecified atom stereocenters. The quantitative estimate of drug-likeness (QED) is 0.730. The zero-order chi connectivity index (χ0) is 12.9. The first kappa shape index (κ1) is 14.7. The molecule has 1 aliphatic rings. The number of sulfonamides is 1. The van der Waals surface area contributed by atoms with Gasteiger partial charge in [-0.25, -0.2) is 8.42 Å². The van der Waals surface area contributed by atoms with Gasteiger partial charge in [0.2, 0.25) is 10.0 Å². The summed E-state index contributed by atoms with van der Waals surface area (Å²) in [5.41, 5.74) is 0. The molecule has 0 bridgehead atoms. The Kier molecular flexibility index (Phi) is 5.62. The molecule has 0 amide bonds. The molecule has 1 N–H and O–H groups in total. The molecule has 100 valence electrons. The van der Waals surface area contributed by atoms with E-state index in [4.69, 9.17) is 0 Å². The summed E-state index contributed by atoms with van der Waals surface area (Å²) in [6.45, 7) is 10.0. The van der Waals surface area contributed by atoms with Crippen LogP contribution in [0.4, 0.5) is 0 Å². The van der Waals surface area contributed by atoms with Crippen molar-refractivity contribution >= 4 is 10.0 Å². The van der Waals surface area contributed by atoms with Crippen molar-refractivity contribution in [2.75, 3.05) is 25.4 Å². The van der Waals surface area contributed by atoms with Gasteiger partial charge in [-0.3, -0.25) is 0 Å². The molecule has 1 fully saturated rings. The van der Waals surface area contributed by atoms with Crippen molar-refractivity contribution in [3.63, 3.8) is 0 Å². The van der Waals surface area contributed by atoms with Crippen molar-refractivity contribution in [3.05, 3.63) is 12.7 Å². The first-order valence-corrected chi connectivity index (χ1v) is 7.89. The summed E-state index contributed by atoms with van der Waals surface area (Å²) in [4.78, 5) is 0. The summed E-state index contributed by atoms with van der Waals surface area (Å²) in [6, 6.07) is 0.0230. The van der Waals surface area contributed by atoms with E-state index in [0.717, 1.165) is 25.9 Å². The fourth-order valence-electron chi connectivity index (χ4n) is 2.21. The second kappa shape index (κ2) is 6.52. The molecule has 1 heterocycles. The Morgan fingerprint density at radius 3 is 2.47 bits per heavy atom. The first-order chi connectivity index (χ1) is 7.97. The minimum absolute atomic E-state index is 0.0230. The highest BCUT2D eigenvalue weighted by molar-refractivity contribution is 7.89. The van der Waals surface area contributed by atoms with Gasteiger partial charge in [-0.05, 0) is 45.7 Å². The second-order valence-electron chi connectivity index (χ2n) is 4.92. The minimum Gasteiger partial charge on any atom is -0.317 e. The zero-order valence-electron chi connectivity index (χ0n) is 10.9. The molecule has 17 heavy (non-hydrogen) atoms. The van der Waals surface area contributed by atoms with Gasteiger partial charge in [0, 0.05) is 12.6 Å². The van der Waals surface area contributed by atoms with E-state index in [0.29, 0.717) is 12.5 Å². The van der Waals surface area contributed by atoms with E-state index in [1.165, 1.54) is 6.08 Å². The predicted octanol–water partition coefficient (Wildman–Crippen LogP) is 1.21. The maximum atomic E-state index is 12.1. The molecule has 1 aliphatic heterocycles. The van der Waals surface area contributed by atoms with Crippen LogP contribution in [-0.2, 0) is 10.0 Å². The van der Waals surface area contributed by atoms with Crippen LogP contribution in [-0.4, -0.2) is 44.2 Å². The molecule has 1 rings (SSSR count). The van der Waals surface area contributed by atoms with Crippen LogP contribution in [0.1, 0.15) is 26.7 Å². The summed E-state index contributed by atoms with van der Waals surface area (Å²) >= 11 is 0. The highest BCUT2D eigenvalue weighted by atomic mass is 32.2. The fraction of sp³-hybridized carbons (Fsp3) is 0.833. The molecular weight excluding hydrogens is 236 g/mol. The van der Waals surface area contributed by atoms with Crippen molar-refractivity contribution in [2.45, 2.75) is 32.7 Å². The Labute approximate surface area is 105 Å². The Bertz CT molecular complexity index is 332. The molecule has 0 aromatic heterocycles. The summed E-state index contributed by atoms with van der Waals surface area (Å²) in [5.74, 6) is 0.522. The fourth-order valence-corrected chi connectivity index (χ4v) is 3.78. The van der Waals surface area contributed by atoms with Crippen LogP contribution >= 0.6 is 0 Å². The molecule has 5 heteroatoms. The van der Waals surface area contributed by atoms with Gasteiger partial charge in [-0.1, -0.05) is 6.08 Å². The Morgan fingerprint density at radius 1 is 1.41 bits per heavy atom. The molecule has 0 atom stereocenters. The van der Waals surface area contributed by atoms with Crippen molar-refractivity contribution in [1.82, 2.24) is 9.62 Å². The van der Waals surface area contributed by atoms with Crippen LogP contribution in [0.3, 0.4) is 0 Å². The van der Waals surface area contributed by atoms with Gasteiger partial charge in [0.15, 0.2) is 0 Å². The van der Waals surface area contributed by atoms with Gasteiger partial charge >= 0.3 is 0 Å². The summed E-state index contributed by atoms with van der Waals surface area (Å²) in [6.07, 6.45) is 3.59. The van der Waals surface area contributed by atoms with E-state index in [2.05, 4.69) is 11.9 Å². The van der Waals surface area contributed by atoms with E-state index < -0.39 is 10.0 Å². The third-order valence-corrected chi connectivity index (χ3v) is 5.10. The topological polar surface area (TPSA) is 49.4 Å². The standard InChI is InChI=1S/C12H24N2O2S/c1-4-9-17(15,16)14(11(2)3)10-12-5-7-13-8-6-12/h4,11-13H,1,5-10H2,2-3H3. The average molecular weight is 260 g/mol. The third-order valence-electron chi connectivity index (χ3n) is 3.16. The van der Waals surface area contributed by atoms with E-state index in [1.807, 2.05) is 13.8 Å². The second-order valence-corrected chi connectivity index (χ2v) is 6.89. The number of piperidine rings is 1. The van der Waals surface area contributed by atoms with Crippen LogP contribution in [0.15, 0.2) is 12.7 Å². The van der Waals surface area contributed by atoms with E-state index >= 15 is 0 Å². The summed E-state index contributed by atoms with van der Waals surface area (Å²) in [7, 11) is -3.18. The van der Waals surface area contributed by atoms with Crippen molar-refractivity contribution < 1.29 is 8.42 Å². The normalized spacial score (nSPS) is 18.8. The minimum atomic E-state index is -3.18. The average Bonchev–Trinajstić information content (AvgIpc) is 2.26. The Morgan fingerprint density at radius 2 is 2.00 bits per heavy atom. The molecule has 1 saturated heterocycles. The van der Waals surface area contributed by atoms with Gasteiger partial charge in [0.05, 0.1) is 5.75 Å². The van der Waals surface area contributed by atoms with Crippen molar-refractivity contribution in [1.29, 1.82) is 0 Å². The lowest BCUT2D eigenvalue weighted by atomic mass is 9.98. The van der Waals surface area contributed by atoms with Crippen molar-refractivity contribution in [2.24, 2.45) is 5.92 Å². The highest BCUT2D eigenvalue weighted by Gasteiger charge is 2.27. The van der Waals surface area contributed by atoms with Crippen LogP contribution in [0.5, 0.6) is 0 Å². The first-order valence-electron chi connectivity index (χ1n) is 6.28. The molecule has 0 radical (unpaired) electrons. The third kappa shape index (κ3) is 4.41. The Hall–Kier alpha value is -0.390. The molecule has 4 nitrogen and oxygen atoms in total. The molecular formula is C12H24N2O2S. The lowest BCUT2D eigenvalue weighted by Gasteiger charge is -2.31. The maximum Gasteiger partial charge on any atom is 0.217 e. The molecule has 0 aromatic carbocycles. The van der Waals surface area contributed by atoms with Crippen LogP contribution in [0.25, 0.3) is 0 Å². The molecule has 0 spiro atoms. The van der Waals surface area contributed by atoms with E-state index in [-0.39, 0.29) is 11.8 Å². The number of rotatable bonds is 6. The van der Waals surface area contributed by atoms with Gasteiger partial charge in [-0.15, -0.1) is 6.58 Å². The van der Waals surface area contributed by atoms with E-state index in [1.54, 1.807) is 4.31 Å². The maximum absolute atomic E-state index is 12.1. The molecule has 0 aliphatic carbocycles. The molecule has 0 aromatic rings. The smallest absolute Gasteiger partial charge is 0.217 e. The van der Waals surface area contributed by atoms with Gasteiger partial charge in [0.25, 0.3) is 0 Å². The summed E-state index contributed by atoms with van der Waals surface area (Å²) < 4.78 is 25.8. The summed E-state index contributed by atoms with van der Waals surface area (Å²) in [5, 5.41) is 3.30. The number of nitrogens with zero attached hydrogens (tertiary/aromatic N) is 1. The van der Waals surface area contributed by atoms with E-state index in [9.17, 15) is 8.42 Å². The SMILES string of the molecule is C=CCS(=O)(=O)N(CC1CCNCC1)C(C)C. The number of nitrogens with one attached hydrogen (secondary N) is 1. The van der Waals surface area contributed by atoms with Gasteiger partial charge in [-0.2, -0.15) is 4.31 Å². The monoisotopic (exact) mass is 260 g/mol. The lowest BCUT2D eigenvalue weighted by molar-refractivity contribution is 0.261. The van der Waals surface area contributed by atoms with Gasteiger partial charge in [0.1, 0.15) is 0 Å². The lowest BCUT2D eigenvalue weighted by Crippen LogP contribution is -2.43. The Balaban J connectivity index is 2.68. The highest BCUT2D eigenvalue weighted by Crippen LogP contribution is 2.18. The van der Waals surface area contributed by atoms with Crippen LogP contribution in [0, 0.1) is 5.92 Å².